The van der Waals surface area contributed by atoms with Crippen LogP contribution in [0.1, 0.15) is 37.0 Å². The van der Waals surface area contributed by atoms with Gasteiger partial charge in [-0.15, -0.1) is 0 Å². The van der Waals surface area contributed by atoms with Gasteiger partial charge in [0.1, 0.15) is 12.6 Å². The van der Waals surface area contributed by atoms with Crippen LogP contribution in [0.3, 0.4) is 0 Å². The maximum atomic E-state index is 14.1. The zero-order valence-electron chi connectivity index (χ0n) is 22.7. The van der Waals surface area contributed by atoms with Crippen molar-refractivity contribution in [3.05, 3.63) is 92.4 Å². The van der Waals surface area contributed by atoms with Crippen LogP contribution in [0.2, 0.25) is 15.1 Å². The monoisotopic (exact) mass is 623 g/mol. The van der Waals surface area contributed by atoms with Gasteiger partial charge in [-0.1, -0.05) is 71.6 Å². The fraction of sp³-hybridized carbons (Fsp3) is 0.310. The Balaban J connectivity index is 2.12. The molecule has 0 aliphatic carbocycles. The molecule has 0 spiro atoms. The lowest BCUT2D eigenvalue weighted by Gasteiger charge is -2.33. The number of carbonyl (C=O) groups excluding carboxylic acids is 2. The van der Waals surface area contributed by atoms with Gasteiger partial charge in [-0.25, -0.2) is 8.42 Å². The minimum atomic E-state index is -4.21. The molecular weight excluding hydrogens is 593 g/mol. The second-order valence-corrected chi connectivity index (χ2v) is 12.5. The number of benzene rings is 3. The Hall–Kier alpha value is -2.78. The smallest absolute Gasteiger partial charge is 0.264 e. The lowest BCUT2D eigenvalue weighted by Crippen LogP contribution is -2.52. The molecule has 2 amide bonds. The number of amides is 2. The van der Waals surface area contributed by atoms with Gasteiger partial charge in [-0.2, -0.15) is 0 Å². The molecule has 3 aromatic carbocycles. The number of carbonyl (C=O) groups is 2. The highest BCUT2D eigenvalue weighted by atomic mass is 35.5. The second-order valence-electron chi connectivity index (χ2n) is 9.33. The zero-order valence-corrected chi connectivity index (χ0v) is 25.8. The summed E-state index contributed by atoms with van der Waals surface area (Å²) in [5.41, 5.74) is 2.32. The molecule has 0 aromatic heterocycles. The Labute approximate surface area is 251 Å². The summed E-state index contributed by atoms with van der Waals surface area (Å²) in [6.45, 7) is 6.92. The predicted octanol–water partition coefficient (Wildman–Crippen LogP) is 6.40. The van der Waals surface area contributed by atoms with Gasteiger partial charge in [0.25, 0.3) is 10.0 Å². The first-order valence-electron chi connectivity index (χ1n) is 12.8. The van der Waals surface area contributed by atoms with Gasteiger partial charge >= 0.3 is 0 Å². The van der Waals surface area contributed by atoms with E-state index in [-0.39, 0.29) is 23.0 Å². The highest BCUT2D eigenvalue weighted by molar-refractivity contribution is 7.92. The molecule has 0 radical (unpaired) electrons. The average molecular weight is 625 g/mol. The molecule has 0 bridgehead atoms. The van der Waals surface area contributed by atoms with Crippen molar-refractivity contribution in [3.63, 3.8) is 0 Å². The zero-order chi connectivity index (χ0) is 29.6. The van der Waals surface area contributed by atoms with Crippen molar-refractivity contribution < 1.29 is 18.0 Å². The molecule has 1 atom stereocenters. The molecule has 0 saturated heterocycles. The van der Waals surface area contributed by atoms with E-state index in [1.807, 2.05) is 6.92 Å². The summed E-state index contributed by atoms with van der Waals surface area (Å²) in [6.07, 6.45) is 0.295. The Morgan fingerprint density at radius 1 is 0.900 bits per heavy atom. The van der Waals surface area contributed by atoms with E-state index in [0.717, 1.165) is 9.87 Å². The first-order valence-corrected chi connectivity index (χ1v) is 15.3. The molecule has 0 saturated carbocycles. The van der Waals surface area contributed by atoms with Crippen LogP contribution < -0.4 is 9.62 Å². The molecule has 3 rings (SSSR count). The number of sulfonamides is 1. The van der Waals surface area contributed by atoms with E-state index in [2.05, 4.69) is 5.32 Å². The van der Waals surface area contributed by atoms with Crippen molar-refractivity contribution in [3.8, 4) is 0 Å². The molecule has 3 aromatic rings. The lowest BCUT2D eigenvalue weighted by molar-refractivity contribution is -0.140. The van der Waals surface area contributed by atoms with Crippen LogP contribution in [-0.2, 0) is 26.2 Å². The molecule has 0 heterocycles. The first-order chi connectivity index (χ1) is 18.9. The van der Waals surface area contributed by atoms with E-state index in [0.29, 0.717) is 39.2 Å². The van der Waals surface area contributed by atoms with Crippen LogP contribution in [0.4, 0.5) is 5.69 Å². The summed E-state index contributed by atoms with van der Waals surface area (Å²) in [5.74, 6) is -0.936. The van der Waals surface area contributed by atoms with Crippen molar-refractivity contribution in [2.45, 2.75) is 51.6 Å². The minimum Gasteiger partial charge on any atom is -0.355 e. The third-order valence-electron chi connectivity index (χ3n) is 6.42. The molecule has 0 aliphatic rings. The van der Waals surface area contributed by atoms with Crippen LogP contribution in [-0.4, -0.2) is 44.3 Å². The SMILES string of the molecule is CCNC(=O)[C@@H](CC)N(Cc1ccc(Cl)cc1Cl)C(=O)CN(c1cc(Cl)ccc1C)S(=O)(=O)c1ccc(C)cc1. The van der Waals surface area contributed by atoms with Gasteiger partial charge in [-0.3, -0.25) is 13.9 Å². The molecule has 11 heteroatoms. The fourth-order valence-corrected chi connectivity index (χ4v) is 6.35. The Morgan fingerprint density at radius 3 is 2.12 bits per heavy atom. The van der Waals surface area contributed by atoms with Crippen molar-refractivity contribution in [2.24, 2.45) is 0 Å². The topological polar surface area (TPSA) is 86.8 Å². The highest BCUT2D eigenvalue weighted by Gasteiger charge is 2.34. The average Bonchev–Trinajstić information content (AvgIpc) is 2.90. The third kappa shape index (κ3) is 7.49. The summed E-state index contributed by atoms with van der Waals surface area (Å²) in [4.78, 5) is 28.5. The van der Waals surface area contributed by atoms with E-state index in [9.17, 15) is 18.0 Å². The number of hydrogen-bond donors (Lipinski definition) is 1. The van der Waals surface area contributed by atoms with Crippen LogP contribution in [0, 0.1) is 13.8 Å². The van der Waals surface area contributed by atoms with Gasteiger partial charge < -0.3 is 10.2 Å². The number of nitrogens with one attached hydrogen (secondary N) is 1. The van der Waals surface area contributed by atoms with Gasteiger partial charge in [0.15, 0.2) is 0 Å². The van der Waals surface area contributed by atoms with Crippen LogP contribution in [0.5, 0.6) is 0 Å². The summed E-state index contributed by atoms with van der Waals surface area (Å²) >= 11 is 18.8. The Morgan fingerprint density at radius 2 is 1.52 bits per heavy atom. The van der Waals surface area contributed by atoms with Crippen molar-refractivity contribution in [1.29, 1.82) is 0 Å². The number of halogens is 3. The molecule has 7 nitrogen and oxygen atoms in total. The van der Waals surface area contributed by atoms with E-state index in [4.69, 9.17) is 34.8 Å². The first kappa shape index (κ1) is 31.7. The normalized spacial score (nSPS) is 12.1. The van der Waals surface area contributed by atoms with E-state index < -0.39 is 28.5 Å². The number of nitrogens with zero attached hydrogens (tertiary/aromatic N) is 2. The number of likely N-dealkylation sites (N-methyl/N-ethyl adjacent to an activating group) is 1. The predicted molar refractivity (Wildman–Crippen MR) is 162 cm³/mol. The number of rotatable bonds is 11. The molecule has 0 aliphatic heterocycles. The van der Waals surface area contributed by atoms with E-state index in [1.165, 1.54) is 23.1 Å². The highest BCUT2D eigenvalue weighted by Crippen LogP contribution is 2.31. The number of anilines is 1. The maximum Gasteiger partial charge on any atom is 0.264 e. The second kappa shape index (κ2) is 13.7. The van der Waals surface area contributed by atoms with Crippen LogP contribution in [0.15, 0.2) is 65.6 Å². The minimum absolute atomic E-state index is 0.0216. The van der Waals surface area contributed by atoms with Crippen molar-refractivity contribution >= 4 is 62.3 Å². The summed E-state index contributed by atoms with van der Waals surface area (Å²) < 4.78 is 29.0. The molecular formula is C29H32Cl3N3O4S. The molecule has 1 N–H and O–H groups in total. The maximum absolute atomic E-state index is 14.1. The largest absolute Gasteiger partial charge is 0.355 e. The van der Waals surface area contributed by atoms with E-state index in [1.54, 1.807) is 63.2 Å². The Bertz CT molecular complexity index is 1480. The fourth-order valence-electron chi connectivity index (χ4n) is 4.25. The number of hydrogen-bond acceptors (Lipinski definition) is 4. The summed E-state index contributed by atoms with van der Waals surface area (Å²) in [5, 5.41) is 3.83. The third-order valence-corrected chi connectivity index (χ3v) is 9.02. The van der Waals surface area contributed by atoms with Crippen LogP contribution >= 0.6 is 34.8 Å². The molecule has 0 unspecified atom stereocenters. The van der Waals surface area contributed by atoms with Crippen molar-refractivity contribution in [2.75, 3.05) is 17.4 Å². The summed E-state index contributed by atoms with van der Waals surface area (Å²) in [7, 11) is -4.21. The quantitative estimate of drug-likeness (QED) is 0.267. The van der Waals surface area contributed by atoms with Crippen molar-refractivity contribution in [1.82, 2.24) is 10.2 Å². The molecule has 0 fully saturated rings. The Kier molecular flexibility index (Phi) is 10.9. The van der Waals surface area contributed by atoms with Gasteiger partial charge in [0.05, 0.1) is 10.6 Å². The van der Waals surface area contributed by atoms with Crippen LogP contribution in [0.25, 0.3) is 0 Å². The van der Waals surface area contributed by atoms with E-state index >= 15 is 0 Å². The number of aryl methyl sites for hydroxylation is 2. The van der Waals surface area contributed by atoms with Gasteiger partial charge in [0.2, 0.25) is 11.8 Å². The lowest BCUT2D eigenvalue weighted by atomic mass is 10.1. The summed E-state index contributed by atoms with van der Waals surface area (Å²) in [6, 6.07) is 15.2. The molecule has 40 heavy (non-hydrogen) atoms. The van der Waals surface area contributed by atoms with Gasteiger partial charge in [0, 0.05) is 28.2 Å². The van der Waals surface area contributed by atoms with Gasteiger partial charge in [-0.05, 0) is 74.7 Å². The molecule has 214 valence electrons. The standard InChI is InChI=1S/C29H32Cl3N3O4S/c1-5-26(29(37)33-6-2)34(17-21-10-12-22(30)15-25(21)32)28(36)18-35(27-16-23(31)11-9-20(27)4)40(38,39)24-13-7-19(3)8-14-24/h7-16,26H,5-6,17-18H2,1-4H3,(H,33,37)/t26-/m1/s1.